The van der Waals surface area contributed by atoms with Gasteiger partial charge in [0.1, 0.15) is 0 Å². The molecule has 0 spiro atoms. The molecular formula is C17H31N5O3. The summed E-state index contributed by atoms with van der Waals surface area (Å²) >= 11 is 0. The molecule has 1 fully saturated rings. The van der Waals surface area contributed by atoms with Crippen LogP contribution in [0.3, 0.4) is 0 Å². The Morgan fingerprint density at radius 3 is 2.28 bits per heavy atom. The first-order valence-corrected chi connectivity index (χ1v) is 8.76. The van der Waals surface area contributed by atoms with Crippen LogP contribution < -0.4 is 16.0 Å². The van der Waals surface area contributed by atoms with Crippen LogP contribution in [0.5, 0.6) is 0 Å². The number of carbonyl (C=O) groups excluding carboxylic acids is 3. The number of amides is 4. The molecule has 0 aromatic rings. The molecule has 142 valence electrons. The summed E-state index contributed by atoms with van der Waals surface area (Å²) in [7, 11) is 0. The predicted octanol–water partition coefficient (Wildman–Crippen LogP) is -0.223. The maximum Gasteiger partial charge on any atom is 0.321 e. The lowest BCUT2D eigenvalue weighted by Gasteiger charge is -2.36. The van der Waals surface area contributed by atoms with Crippen LogP contribution in [0.25, 0.3) is 0 Å². The van der Waals surface area contributed by atoms with Gasteiger partial charge in [-0.1, -0.05) is 19.9 Å². The van der Waals surface area contributed by atoms with E-state index < -0.39 is 6.03 Å². The standard InChI is InChI=1S/C17H31N5O3/c1-5-6-18-15(23)12-21-7-9-22(10-8-21)14(4)16(24)20-17(25)19-11-13(2)3/h5,13-14H,1,6-12H2,2-4H3,(H,18,23)(H2,19,20,24,25)/t14-/m0/s1. The van der Waals surface area contributed by atoms with Crippen LogP contribution in [0.4, 0.5) is 4.79 Å². The topological polar surface area (TPSA) is 93.8 Å². The fourth-order valence-electron chi connectivity index (χ4n) is 2.48. The zero-order valence-electron chi connectivity index (χ0n) is 15.5. The van der Waals surface area contributed by atoms with Crippen LogP contribution in [0.1, 0.15) is 20.8 Å². The van der Waals surface area contributed by atoms with E-state index in [4.69, 9.17) is 0 Å². The Morgan fingerprint density at radius 2 is 1.72 bits per heavy atom. The summed E-state index contributed by atoms with van der Waals surface area (Å²) in [5, 5.41) is 7.80. The third-order valence-electron chi connectivity index (χ3n) is 4.05. The van der Waals surface area contributed by atoms with Crippen LogP contribution >= 0.6 is 0 Å². The van der Waals surface area contributed by atoms with Crippen LogP contribution in [-0.2, 0) is 9.59 Å². The lowest BCUT2D eigenvalue weighted by atomic mass is 10.2. The fourth-order valence-corrected chi connectivity index (χ4v) is 2.48. The highest BCUT2D eigenvalue weighted by atomic mass is 16.2. The van der Waals surface area contributed by atoms with E-state index in [9.17, 15) is 14.4 Å². The molecule has 0 unspecified atom stereocenters. The molecule has 0 aliphatic carbocycles. The van der Waals surface area contributed by atoms with Gasteiger partial charge in [-0.05, 0) is 12.8 Å². The Morgan fingerprint density at radius 1 is 1.08 bits per heavy atom. The summed E-state index contributed by atoms with van der Waals surface area (Å²) in [5.41, 5.74) is 0. The van der Waals surface area contributed by atoms with Gasteiger partial charge in [-0.25, -0.2) is 4.79 Å². The number of piperazine rings is 1. The van der Waals surface area contributed by atoms with Crippen molar-refractivity contribution in [2.75, 3.05) is 45.8 Å². The van der Waals surface area contributed by atoms with Crippen molar-refractivity contribution >= 4 is 17.8 Å². The third kappa shape index (κ3) is 8.13. The van der Waals surface area contributed by atoms with Crippen molar-refractivity contribution in [1.29, 1.82) is 0 Å². The molecule has 0 aromatic heterocycles. The molecule has 0 aromatic carbocycles. The average Bonchev–Trinajstić information content (AvgIpc) is 2.58. The van der Waals surface area contributed by atoms with Crippen molar-refractivity contribution in [3.63, 3.8) is 0 Å². The lowest BCUT2D eigenvalue weighted by molar-refractivity contribution is -0.127. The third-order valence-corrected chi connectivity index (χ3v) is 4.05. The van der Waals surface area contributed by atoms with Crippen molar-refractivity contribution in [1.82, 2.24) is 25.8 Å². The van der Waals surface area contributed by atoms with Crippen LogP contribution in [0.15, 0.2) is 12.7 Å². The second kappa shape index (κ2) is 10.8. The number of imide groups is 1. The predicted molar refractivity (Wildman–Crippen MR) is 97.1 cm³/mol. The molecule has 3 N–H and O–H groups in total. The molecule has 25 heavy (non-hydrogen) atoms. The quantitative estimate of drug-likeness (QED) is 0.525. The van der Waals surface area contributed by atoms with E-state index in [0.717, 1.165) is 0 Å². The Balaban J connectivity index is 2.33. The molecule has 4 amide bonds. The highest BCUT2D eigenvalue weighted by Crippen LogP contribution is 2.06. The van der Waals surface area contributed by atoms with Crippen molar-refractivity contribution in [2.24, 2.45) is 5.92 Å². The van der Waals surface area contributed by atoms with Gasteiger partial charge in [0.15, 0.2) is 0 Å². The van der Waals surface area contributed by atoms with E-state index in [0.29, 0.717) is 51.7 Å². The van der Waals surface area contributed by atoms with Gasteiger partial charge < -0.3 is 10.6 Å². The van der Waals surface area contributed by atoms with Crippen LogP contribution in [-0.4, -0.2) is 79.5 Å². The van der Waals surface area contributed by atoms with Crippen LogP contribution in [0.2, 0.25) is 0 Å². The van der Waals surface area contributed by atoms with Gasteiger partial charge in [0.2, 0.25) is 11.8 Å². The van der Waals surface area contributed by atoms with E-state index in [1.54, 1.807) is 13.0 Å². The van der Waals surface area contributed by atoms with Gasteiger partial charge in [0.25, 0.3) is 0 Å². The second-order valence-electron chi connectivity index (χ2n) is 6.67. The summed E-state index contributed by atoms with van der Waals surface area (Å²) in [6.07, 6.45) is 1.65. The zero-order chi connectivity index (χ0) is 18.8. The Kier molecular flexibility index (Phi) is 9.15. The van der Waals surface area contributed by atoms with Crippen molar-refractivity contribution in [3.05, 3.63) is 12.7 Å². The summed E-state index contributed by atoms with van der Waals surface area (Å²) in [5.74, 6) is -0.00516. The van der Waals surface area contributed by atoms with Gasteiger partial charge >= 0.3 is 6.03 Å². The van der Waals surface area contributed by atoms with E-state index in [-0.39, 0.29) is 17.9 Å². The molecule has 1 atom stereocenters. The van der Waals surface area contributed by atoms with Gasteiger partial charge in [0, 0.05) is 39.3 Å². The van der Waals surface area contributed by atoms with Crippen LogP contribution in [0, 0.1) is 5.92 Å². The highest BCUT2D eigenvalue weighted by molar-refractivity contribution is 5.96. The van der Waals surface area contributed by atoms with E-state index in [1.165, 1.54) is 0 Å². The smallest absolute Gasteiger partial charge is 0.321 e. The molecule has 8 heteroatoms. The van der Waals surface area contributed by atoms with Crippen molar-refractivity contribution < 1.29 is 14.4 Å². The summed E-state index contributed by atoms with van der Waals surface area (Å²) in [4.78, 5) is 39.6. The normalized spacial score (nSPS) is 17.0. The molecule has 1 aliphatic heterocycles. The highest BCUT2D eigenvalue weighted by Gasteiger charge is 2.27. The summed E-state index contributed by atoms with van der Waals surface area (Å²) in [6, 6.07) is -0.843. The maximum absolute atomic E-state index is 12.2. The molecule has 1 saturated heterocycles. The Labute approximate surface area is 150 Å². The SMILES string of the molecule is C=CCNC(=O)CN1CCN([C@@H](C)C(=O)NC(=O)NCC(C)C)CC1. The molecule has 0 radical (unpaired) electrons. The monoisotopic (exact) mass is 353 g/mol. The van der Waals surface area contributed by atoms with E-state index in [1.807, 2.05) is 18.7 Å². The Hall–Kier alpha value is -1.93. The number of nitrogens with one attached hydrogen (secondary N) is 3. The maximum atomic E-state index is 12.2. The largest absolute Gasteiger partial charge is 0.352 e. The van der Waals surface area contributed by atoms with E-state index in [2.05, 4.69) is 27.4 Å². The first-order valence-electron chi connectivity index (χ1n) is 8.76. The number of hydrogen-bond acceptors (Lipinski definition) is 5. The minimum Gasteiger partial charge on any atom is -0.352 e. The first kappa shape index (κ1) is 21.1. The average molecular weight is 353 g/mol. The van der Waals surface area contributed by atoms with E-state index >= 15 is 0 Å². The number of carbonyl (C=O) groups is 3. The van der Waals surface area contributed by atoms with Gasteiger partial charge in [-0.3, -0.25) is 24.7 Å². The van der Waals surface area contributed by atoms with Gasteiger partial charge in [-0.2, -0.15) is 0 Å². The lowest BCUT2D eigenvalue weighted by Crippen LogP contribution is -2.56. The summed E-state index contributed by atoms with van der Waals surface area (Å²) < 4.78 is 0. The summed E-state index contributed by atoms with van der Waals surface area (Å²) in [6.45, 7) is 13.4. The molecule has 0 saturated carbocycles. The van der Waals surface area contributed by atoms with Gasteiger partial charge in [-0.15, -0.1) is 6.58 Å². The second-order valence-corrected chi connectivity index (χ2v) is 6.67. The molecule has 1 rings (SSSR count). The number of nitrogens with zero attached hydrogens (tertiary/aromatic N) is 2. The molecule has 8 nitrogen and oxygen atoms in total. The minimum absolute atomic E-state index is 0.0269. The van der Waals surface area contributed by atoms with Crippen molar-refractivity contribution in [3.8, 4) is 0 Å². The molecule has 0 bridgehead atoms. The van der Waals surface area contributed by atoms with Gasteiger partial charge in [0.05, 0.1) is 12.6 Å². The molecule has 1 aliphatic rings. The number of rotatable bonds is 8. The first-order chi connectivity index (χ1) is 11.8. The minimum atomic E-state index is -0.455. The molecule has 1 heterocycles. The van der Waals surface area contributed by atoms with Crippen molar-refractivity contribution in [2.45, 2.75) is 26.8 Å². The Bertz CT molecular complexity index is 473. The number of urea groups is 1. The zero-order valence-corrected chi connectivity index (χ0v) is 15.5. The number of hydrogen-bond donors (Lipinski definition) is 3. The molecular weight excluding hydrogens is 322 g/mol. The fraction of sp³-hybridized carbons (Fsp3) is 0.706.